The number of nitrogens with one attached hydrogen (secondary N) is 1. The Morgan fingerprint density at radius 2 is 2.20 bits per heavy atom. The Labute approximate surface area is 123 Å². The van der Waals surface area contributed by atoms with Gasteiger partial charge in [-0.05, 0) is 31.7 Å². The summed E-state index contributed by atoms with van der Waals surface area (Å²) in [5.74, 6) is 0.761. The molecular weight excluding hydrogens is 248 g/mol. The quantitative estimate of drug-likeness (QED) is 0.868. The first-order valence-electron chi connectivity index (χ1n) is 8.08. The summed E-state index contributed by atoms with van der Waals surface area (Å²) < 4.78 is 2.10. The van der Waals surface area contributed by atoms with E-state index >= 15 is 0 Å². The van der Waals surface area contributed by atoms with Crippen LogP contribution in [-0.2, 0) is 6.54 Å². The lowest BCUT2D eigenvalue weighted by Crippen LogP contribution is -2.50. The topological polar surface area (TPSA) is 33.1 Å². The van der Waals surface area contributed by atoms with E-state index in [0.717, 1.165) is 38.5 Å². The average molecular weight is 278 g/mol. The maximum atomic E-state index is 4.72. The van der Waals surface area contributed by atoms with Crippen LogP contribution in [0.5, 0.6) is 0 Å². The summed E-state index contributed by atoms with van der Waals surface area (Å²) >= 11 is 0. The molecule has 2 unspecified atom stereocenters. The second-order valence-electron chi connectivity index (χ2n) is 6.56. The zero-order valence-electron chi connectivity index (χ0n) is 13.5. The molecular formula is C16H30N4. The summed E-state index contributed by atoms with van der Waals surface area (Å²) in [6.45, 7) is 13.4. The van der Waals surface area contributed by atoms with Crippen molar-refractivity contribution in [2.75, 3.05) is 19.6 Å². The third-order valence-corrected chi connectivity index (χ3v) is 4.19. The Morgan fingerprint density at radius 1 is 1.40 bits per heavy atom. The predicted molar refractivity (Wildman–Crippen MR) is 83.8 cm³/mol. The minimum Gasteiger partial charge on any atom is -0.311 e. The van der Waals surface area contributed by atoms with Crippen molar-refractivity contribution in [3.05, 3.63) is 18.0 Å². The van der Waals surface area contributed by atoms with Gasteiger partial charge in [0.25, 0.3) is 0 Å². The van der Waals surface area contributed by atoms with Crippen molar-refractivity contribution in [3.63, 3.8) is 0 Å². The fraction of sp³-hybridized carbons (Fsp3) is 0.812. The Hall–Kier alpha value is -0.870. The molecule has 1 N–H and O–H groups in total. The Morgan fingerprint density at radius 3 is 2.90 bits per heavy atom. The summed E-state index contributed by atoms with van der Waals surface area (Å²) in [4.78, 5) is 2.53. The Balaban J connectivity index is 1.87. The molecule has 2 heterocycles. The second-order valence-corrected chi connectivity index (χ2v) is 6.56. The highest BCUT2D eigenvalue weighted by Crippen LogP contribution is 2.13. The number of aromatic nitrogens is 2. The van der Waals surface area contributed by atoms with Crippen LogP contribution < -0.4 is 5.32 Å². The maximum Gasteiger partial charge on any atom is 0.0764 e. The van der Waals surface area contributed by atoms with Gasteiger partial charge in [0.05, 0.1) is 5.69 Å². The Kier molecular flexibility index (Phi) is 5.61. The van der Waals surface area contributed by atoms with Crippen molar-refractivity contribution in [2.45, 2.75) is 59.2 Å². The second kappa shape index (κ2) is 7.23. The molecule has 1 fully saturated rings. The number of hydrogen-bond acceptors (Lipinski definition) is 3. The number of hydrogen-bond donors (Lipinski definition) is 1. The molecule has 0 amide bonds. The van der Waals surface area contributed by atoms with Crippen LogP contribution in [0.15, 0.2) is 12.3 Å². The van der Waals surface area contributed by atoms with E-state index in [1.807, 2.05) is 0 Å². The smallest absolute Gasteiger partial charge is 0.0764 e. The zero-order valence-corrected chi connectivity index (χ0v) is 13.5. The monoisotopic (exact) mass is 278 g/mol. The van der Waals surface area contributed by atoms with Crippen molar-refractivity contribution in [3.8, 4) is 0 Å². The van der Waals surface area contributed by atoms with E-state index in [2.05, 4.69) is 54.9 Å². The van der Waals surface area contributed by atoms with Crippen LogP contribution >= 0.6 is 0 Å². The van der Waals surface area contributed by atoms with Gasteiger partial charge in [0, 0.05) is 44.5 Å². The molecule has 1 aromatic rings. The van der Waals surface area contributed by atoms with E-state index in [0.29, 0.717) is 12.1 Å². The molecule has 0 aliphatic carbocycles. The molecule has 20 heavy (non-hydrogen) atoms. The van der Waals surface area contributed by atoms with Gasteiger partial charge in [0.15, 0.2) is 0 Å². The van der Waals surface area contributed by atoms with Crippen molar-refractivity contribution < 1.29 is 0 Å². The highest BCUT2D eigenvalue weighted by Gasteiger charge is 2.20. The van der Waals surface area contributed by atoms with Crippen molar-refractivity contribution in [1.29, 1.82) is 0 Å². The van der Waals surface area contributed by atoms with Crippen LogP contribution in [0, 0.1) is 5.92 Å². The average Bonchev–Trinajstić information content (AvgIpc) is 2.86. The van der Waals surface area contributed by atoms with Gasteiger partial charge in [-0.25, -0.2) is 0 Å². The van der Waals surface area contributed by atoms with E-state index in [9.17, 15) is 0 Å². The number of piperazine rings is 1. The highest BCUT2D eigenvalue weighted by atomic mass is 15.3. The minimum atomic E-state index is 0.500. The van der Waals surface area contributed by atoms with Crippen LogP contribution in [0.4, 0.5) is 0 Å². The molecule has 1 aromatic heterocycles. The lowest BCUT2D eigenvalue weighted by atomic mass is 10.0. The fourth-order valence-corrected chi connectivity index (χ4v) is 2.89. The third-order valence-electron chi connectivity index (χ3n) is 4.19. The number of nitrogens with zero attached hydrogens (tertiary/aromatic N) is 3. The first-order chi connectivity index (χ1) is 9.58. The SMILES string of the molecule is CCC(C)n1ccc(CN2CCNC(CC(C)C)C2)n1. The molecule has 1 saturated heterocycles. The maximum absolute atomic E-state index is 4.72. The van der Waals surface area contributed by atoms with E-state index in [-0.39, 0.29) is 0 Å². The molecule has 1 aliphatic rings. The summed E-state index contributed by atoms with van der Waals surface area (Å²) in [6, 6.07) is 3.31. The van der Waals surface area contributed by atoms with Gasteiger partial charge >= 0.3 is 0 Å². The molecule has 0 spiro atoms. The highest BCUT2D eigenvalue weighted by molar-refractivity contribution is 5.00. The molecule has 114 valence electrons. The van der Waals surface area contributed by atoms with Gasteiger partial charge in [0.2, 0.25) is 0 Å². The molecule has 2 rings (SSSR count). The van der Waals surface area contributed by atoms with Crippen molar-refractivity contribution in [2.24, 2.45) is 5.92 Å². The van der Waals surface area contributed by atoms with Gasteiger partial charge in [-0.15, -0.1) is 0 Å². The standard InChI is InChI=1S/C16H30N4/c1-5-14(4)20-8-6-15(18-20)11-19-9-7-17-16(12-19)10-13(2)3/h6,8,13-14,16-17H,5,7,9-12H2,1-4H3. The fourth-order valence-electron chi connectivity index (χ4n) is 2.89. The molecule has 2 atom stereocenters. The van der Waals surface area contributed by atoms with Crippen LogP contribution in [0.2, 0.25) is 0 Å². The van der Waals surface area contributed by atoms with E-state index in [4.69, 9.17) is 5.10 Å². The zero-order chi connectivity index (χ0) is 14.5. The first-order valence-corrected chi connectivity index (χ1v) is 8.08. The van der Waals surface area contributed by atoms with Crippen molar-refractivity contribution in [1.82, 2.24) is 20.0 Å². The predicted octanol–water partition coefficient (Wildman–Crippen LogP) is 2.67. The molecule has 4 nitrogen and oxygen atoms in total. The molecule has 1 aliphatic heterocycles. The molecule has 0 saturated carbocycles. The minimum absolute atomic E-state index is 0.500. The van der Waals surface area contributed by atoms with E-state index in [1.165, 1.54) is 12.1 Å². The van der Waals surface area contributed by atoms with Gasteiger partial charge in [-0.1, -0.05) is 20.8 Å². The Bertz CT molecular complexity index is 399. The van der Waals surface area contributed by atoms with Crippen LogP contribution in [0.3, 0.4) is 0 Å². The van der Waals surface area contributed by atoms with E-state index < -0.39 is 0 Å². The number of rotatable bonds is 6. The first kappa shape index (κ1) is 15.5. The van der Waals surface area contributed by atoms with Crippen LogP contribution in [0.25, 0.3) is 0 Å². The van der Waals surface area contributed by atoms with Gasteiger partial charge in [-0.2, -0.15) is 5.10 Å². The lowest BCUT2D eigenvalue weighted by molar-refractivity contribution is 0.177. The molecule has 0 aromatic carbocycles. The van der Waals surface area contributed by atoms with Gasteiger partial charge < -0.3 is 5.32 Å². The van der Waals surface area contributed by atoms with E-state index in [1.54, 1.807) is 0 Å². The van der Waals surface area contributed by atoms with Crippen LogP contribution in [-0.4, -0.2) is 40.4 Å². The van der Waals surface area contributed by atoms with Gasteiger partial charge in [-0.3, -0.25) is 9.58 Å². The summed E-state index contributed by atoms with van der Waals surface area (Å²) in [6.07, 6.45) is 4.51. The lowest BCUT2D eigenvalue weighted by Gasteiger charge is -2.34. The third kappa shape index (κ3) is 4.32. The van der Waals surface area contributed by atoms with Crippen LogP contribution in [0.1, 0.15) is 52.3 Å². The van der Waals surface area contributed by atoms with Gasteiger partial charge in [0.1, 0.15) is 0 Å². The van der Waals surface area contributed by atoms with Crippen molar-refractivity contribution >= 4 is 0 Å². The normalized spacial score (nSPS) is 22.4. The summed E-state index contributed by atoms with van der Waals surface area (Å²) in [7, 11) is 0. The molecule has 0 bridgehead atoms. The summed E-state index contributed by atoms with van der Waals surface area (Å²) in [5.41, 5.74) is 1.20. The molecule has 0 radical (unpaired) electrons. The molecule has 4 heteroatoms. The largest absolute Gasteiger partial charge is 0.311 e. The summed E-state index contributed by atoms with van der Waals surface area (Å²) in [5, 5.41) is 8.35.